The number of pyridine rings is 2. The van der Waals surface area contributed by atoms with Crippen molar-refractivity contribution >= 4 is 17.7 Å². The molecule has 0 amide bonds. The number of allylic oxidation sites excluding steroid dienone is 1. The van der Waals surface area contributed by atoms with E-state index < -0.39 is 0 Å². The van der Waals surface area contributed by atoms with Gasteiger partial charge in [-0.15, -0.1) is 0 Å². The fourth-order valence-corrected chi connectivity index (χ4v) is 2.41. The van der Waals surface area contributed by atoms with Crippen molar-refractivity contribution in [2.75, 3.05) is 0 Å². The second-order valence-electron chi connectivity index (χ2n) is 4.39. The number of nitrogens with zero attached hydrogens (tertiary/aromatic N) is 2. The minimum atomic E-state index is -0.270. The Kier molecular flexibility index (Phi) is 2.87. The van der Waals surface area contributed by atoms with Crippen LogP contribution in [0.4, 0.5) is 0 Å². The Labute approximate surface area is 114 Å². The van der Waals surface area contributed by atoms with Crippen LogP contribution in [0.1, 0.15) is 17.7 Å². The molecule has 0 aliphatic carbocycles. The standard InChI is InChI=1S/C14H11ClN2O2/c15-13-7-12-9(8-16-13)3-1-2-4-10-5-11(18)6-14(19)17(10)12/h1,3,5-8,18H,2,4H2/b3-1-. The third-order valence-corrected chi connectivity index (χ3v) is 3.28. The molecule has 0 atom stereocenters. The Balaban J connectivity index is 2.38. The summed E-state index contributed by atoms with van der Waals surface area (Å²) in [5.74, 6) is -0.0116. The van der Waals surface area contributed by atoms with E-state index in [0.29, 0.717) is 17.3 Å². The largest absolute Gasteiger partial charge is 0.508 e. The molecule has 5 heteroatoms. The van der Waals surface area contributed by atoms with E-state index in [9.17, 15) is 9.90 Å². The van der Waals surface area contributed by atoms with Crippen LogP contribution in [0.2, 0.25) is 5.15 Å². The van der Waals surface area contributed by atoms with Crippen molar-refractivity contribution in [1.29, 1.82) is 0 Å². The lowest BCUT2D eigenvalue weighted by molar-refractivity contribution is 0.471. The van der Waals surface area contributed by atoms with Crippen molar-refractivity contribution < 1.29 is 5.11 Å². The smallest absolute Gasteiger partial charge is 0.259 e. The van der Waals surface area contributed by atoms with Gasteiger partial charge in [-0.05, 0) is 12.8 Å². The normalized spacial score (nSPS) is 15.0. The highest BCUT2D eigenvalue weighted by molar-refractivity contribution is 6.29. The molecule has 96 valence electrons. The predicted octanol–water partition coefficient (Wildman–Crippen LogP) is 2.55. The Morgan fingerprint density at radius 3 is 3.00 bits per heavy atom. The number of aromatic nitrogens is 2. The van der Waals surface area contributed by atoms with E-state index >= 15 is 0 Å². The quantitative estimate of drug-likeness (QED) is 0.751. The molecule has 3 rings (SSSR count). The van der Waals surface area contributed by atoms with Crippen LogP contribution in [0.15, 0.2) is 35.3 Å². The van der Waals surface area contributed by atoms with Gasteiger partial charge in [0, 0.05) is 35.7 Å². The van der Waals surface area contributed by atoms with Gasteiger partial charge in [0.2, 0.25) is 0 Å². The fourth-order valence-electron chi connectivity index (χ4n) is 2.26. The van der Waals surface area contributed by atoms with Crippen molar-refractivity contribution in [2.45, 2.75) is 12.8 Å². The van der Waals surface area contributed by atoms with Crippen molar-refractivity contribution in [3.05, 3.63) is 57.2 Å². The van der Waals surface area contributed by atoms with Crippen LogP contribution in [0, 0.1) is 0 Å². The van der Waals surface area contributed by atoms with Crippen molar-refractivity contribution in [1.82, 2.24) is 9.55 Å². The lowest BCUT2D eigenvalue weighted by Gasteiger charge is -2.17. The molecule has 4 nitrogen and oxygen atoms in total. The molecule has 0 saturated heterocycles. The van der Waals surface area contributed by atoms with E-state index in [4.69, 9.17) is 11.6 Å². The SMILES string of the molecule is O=c1cc(O)cc2n1-c1cc(Cl)ncc1/C=C\CC2. The summed E-state index contributed by atoms with van der Waals surface area (Å²) in [5, 5.41) is 9.90. The summed E-state index contributed by atoms with van der Waals surface area (Å²) in [4.78, 5) is 16.2. The highest BCUT2D eigenvalue weighted by Gasteiger charge is 2.13. The number of halogens is 1. The summed E-state index contributed by atoms with van der Waals surface area (Å²) < 4.78 is 1.58. The van der Waals surface area contributed by atoms with Crippen molar-refractivity contribution in [3.63, 3.8) is 0 Å². The van der Waals surface area contributed by atoms with E-state index in [-0.39, 0.29) is 11.3 Å². The molecule has 3 heterocycles. The highest BCUT2D eigenvalue weighted by atomic mass is 35.5. The van der Waals surface area contributed by atoms with Crippen LogP contribution in [-0.2, 0) is 6.42 Å². The minimum absolute atomic E-state index is 0.0116. The third-order valence-electron chi connectivity index (χ3n) is 3.08. The molecule has 0 unspecified atom stereocenters. The lowest BCUT2D eigenvalue weighted by atomic mass is 10.1. The van der Waals surface area contributed by atoms with Gasteiger partial charge in [0.25, 0.3) is 5.56 Å². The number of rotatable bonds is 0. The molecule has 0 aromatic carbocycles. The van der Waals surface area contributed by atoms with Gasteiger partial charge in [-0.3, -0.25) is 9.36 Å². The number of aromatic hydroxyl groups is 1. The molecule has 0 radical (unpaired) electrons. The minimum Gasteiger partial charge on any atom is -0.508 e. The maximum absolute atomic E-state index is 12.1. The van der Waals surface area contributed by atoms with E-state index in [1.165, 1.54) is 6.07 Å². The van der Waals surface area contributed by atoms with E-state index in [1.54, 1.807) is 22.9 Å². The first-order valence-electron chi connectivity index (χ1n) is 5.92. The Bertz CT molecular complexity index is 735. The van der Waals surface area contributed by atoms with Gasteiger partial charge >= 0.3 is 0 Å². The second kappa shape index (κ2) is 4.55. The summed E-state index contributed by atoms with van der Waals surface area (Å²) in [6, 6.07) is 4.47. The van der Waals surface area contributed by atoms with Gasteiger partial charge in [0.1, 0.15) is 10.9 Å². The molecule has 1 aliphatic heterocycles. The first-order valence-corrected chi connectivity index (χ1v) is 6.30. The molecule has 0 spiro atoms. The first-order chi connectivity index (χ1) is 9.15. The molecular formula is C14H11ClN2O2. The van der Waals surface area contributed by atoms with Crippen LogP contribution in [0.5, 0.6) is 5.75 Å². The molecular weight excluding hydrogens is 264 g/mol. The summed E-state index contributed by atoms with van der Waals surface area (Å²) in [7, 11) is 0. The fraction of sp³-hybridized carbons (Fsp3) is 0.143. The number of hydrogen-bond donors (Lipinski definition) is 1. The first kappa shape index (κ1) is 12.0. The molecule has 0 bridgehead atoms. The van der Waals surface area contributed by atoms with E-state index in [1.807, 2.05) is 12.2 Å². The zero-order valence-electron chi connectivity index (χ0n) is 10.0. The molecule has 0 fully saturated rings. The summed E-state index contributed by atoms with van der Waals surface area (Å²) >= 11 is 5.92. The predicted molar refractivity (Wildman–Crippen MR) is 73.9 cm³/mol. The van der Waals surface area contributed by atoms with Crippen LogP contribution in [0.3, 0.4) is 0 Å². The summed E-state index contributed by atoms with van der Waals surface area (Å²) in [5.41, 5.74) is 2.01. The lowest BCUT2D eigenvalue weighted by Crippen LogP contribution is -2.22. The number of hydrogen-bond acceptors (Lipinski definition) is 3. The van der Waals surface area contributed by atoms with Gasteiger partial charge in [-0.2, -0.15) is 0 Å². The Morgan fingerprint density at radius 2 is 2.16 bits per heavy atom. The van der Waals surface area contributed by atoms with Gasteiger partial charge < -0.3 is 5.11 Å². The monoisotopic (exact) mass is 274 g/mol. The average Bonchev–Trinajstić information content (AvgIpc) is 2.33. The molecule has 19 heavy (non-hydrogen) atoms. The third kappa shape index (κ3) is 2.15. The summed E-state index contributed by atoms with van der Waals surface area (Å²) in [6.45, 7) is 0. The zero-order chi connectivity index (χ0) is 13.4. The molecule has 2 aromatic heterocycles. The second-order valence-corrected chi connectivity index (χ2v) is 4.77. The number of aryl methyl sites for hydroxylation is 1. The molecule has 1 N–H and O–H groups in total. The van der Waals surface area contributed by atoms with Gasteiger partial charge in [0.05, 0.1) is 5.69 Å². The van der Waals surface area contributed by atoms with Crippen molar-refractivity contribution in [3.8, 4) is 11.4 Å². The van der Waals surface area contributed by atoms with E-state index in [0.717, 1.165) is 17.7 Å². The van der Waals surface area contributed by atoms with Crippen molar-refractivity contribution in [2.24, 2.45) is 0 Å². The average molecular weight is 275 g/mol. The summed E-state index contributed by atoms with van der Waals surface area (Å²) in [6.07, 6.45) is 7.07. The van der Waals surface area contributed by atoms with Gasteiger partial charge in [-0.25, -0.2) is 4.98 Å². The molecule has 0 saturated carbocycles. The number of fused-ring (bicyclic) bond motifs is 3. The maximum Gasteiger partial charge on any atom is 0.259 e. The Hall–Kier alpha value is -2.07. The molecule has 1 aliphatic rings. The van der Waals surface area contributed by atoms with Gasteiger partial charge in [0.15, 0.2) is 0 Å². The van der Waals surface area contributed by atoms with Crippen LogP contribution < -0.4 is 5.56 Å². The molecule has 2 aromatic rings. The van der Waals surface area contributed by atoms with E-state index in [2.05, 4.69) is 4.98 Å². The van der Waals surface area contributed by atoms with Crippen LogP contribution in [-0.4, -0.2) is 14.7 Å². The topological polar surface area (TPSA) is 55.1 Å². The van der Waals surface area contributed by atoms with Crippen LogP contribution in [0.25, 0.3) is 11.8 Å². The zero-order valence-corrected chi connectivity index (χ0v) is 10.8. The highest BCUT2D eigenvalue weighted by Crippen LogP contribution is 2.23. The Morgan fingerprint density at radius 1 is 1.32 bits per heavy atom. The van der Waals surface area contributed by atoms with Gasteiger partial charge in [-0.1, -0.05) is 23.8 Å². The van der Waals surface area contributed by atoms with Crippen LogP contribution >= 0.6 is 11.6 Å². The maximum atomic E-state index is 12.1.